The number of carbonyl (C=O) groups is 3. The molecule has 108 valence electrons. The fourth-order valence-electron chi connectivity index (χ4n) is 1.35. The van der Waals surface area contributed by atoms with E-state index in [0.717, 1.165) is 0 Å². The number of nitrogens with one attached hydrogen (secondary N) is 2. The zero-order valence-electron chi connectivity index (χ0n) is 11.1. The second-order valence-corrected chi connectivity index (χ2v) is 5.05. The van der Waals surface area contributed by atoms with Gasteiger partial charge in [-0.1, -0.05) is 23.7 Å². The number of carbonyl (C=O) groups excluding carboxylic acids is 2. The van der Waals surface area contributed by atoms with Crippen LogP contribution in [-0.4, -0.2) is 35.0 Å². The molecule has 0 spiro atoms. The number of halogens is 1. The lowest BCUT2D eigenvalue weighted by Gasteiger charge is -2.21. The summed E-state index contributed by atoms with van der Waals surface area (Å²) in [6.45, 7) is 2.37. The molecular formula is C13H15ClN2O4. The lowest BCUT2D eigenvalue weighted by atomic mass is 10.1. The molecule has 1 aromatic carbocycles. The van der Waals surface area contributed by atoms with Gasteiger partial charge in [-0.2, -0.15) is 0 Å². The van der Waals surface area contributed by atoms with Crippen LogP contribution in [0.15, 0.2) is 24.3 Å². The van der Waals surface area contributed by atoms with E-state index in [9.17, 15) is 14.4 Å². The highest BCUT2D eigenvalue weighted by molar-refractivity contribution is 6.33. The first kappa shape index (κ1) is 16.0. The average Bonchev–Trinajstić information content (AvgIpc) is 2.35. The van der Waals surface area contributed by atoms with Crippen molar-refractivity contribution < 1.29 is 19.5 Å². The predicted molar refractivity (Wildman–Crippen MR) is 73.6 cm³/mol. The third-order valence-corrected chi connectivity index (χ3v) is 2.84. The summed E-state index contributed by atoms with van der Waals surface area (Å²) in [5, 5.41) is 13.8. The van der Waals surface area contributed by atoms with E-state index >= 15 is 0 Å². The third kappa shape index (κ3) is 4.24. The summed E-state index contributed by atoms with van der Waals surface area (Å²) in [6, 6.07) is 6.41. The maximum Gasteiger partial charge on any atom is 0.328 e. The monoisotopic (exact) mass is 298 g/mol. The molecule has 0 aliphatic rings. The molecular weight excluding hydrogens is 284 g/mol. The number of hydrogen-bond acceptors (Lipinski definition) is 3. The van der Waals surface area contributed by atoms with Crippen LogP contribution in [0.3, 0.4) is 0 Å². The number of aliphatic carboxylic acids is 1. The van der Waals surface area contributed by atoms with Gasteiger partial charge in [-0.25, -0.2) is 4.79 Å². The smallest absolute Gasteiger partial charge is 0.328 e. The molecule has 0 heterocycles. The highest BCUT2D eigenvalue weighted by Crippen LogP contribution is 2.14. The van der Waals surface area contributed by atoms with Crippen LogP contribution in [0, 0.1) is 0 Å². The Labute approximate surface area is 121 Å². The molecule has 2 amide bonds. The molecule has 3 N–H and O–H groups in total. The minimum Gasteiger partial charge on any atom is -0.480 e. The van der Waals surface area contributed by atoms with Crippen LogP contribution in [-0.2, 0) is 9.59 Å². The molecule has 0 aliphatic heterocycles. The van der Waals surface area contributed by atoms with Crippen LogP contribution in [0.1, 0.15) is 24.2 Å². The first-order chi connectivity index (χ1) is 9.24. The van der Waals surface area contributed by atoms with E-state index in [1.165, 1.54) is 19.9 Å². The summed E-state index contributed by atoms with van der Waals surface area (Å²) in [7, 11) is 0. The van der Waals surface area contributed by atoms with Crippen molar-refractivity contribution in [1.82, 2.24) is 10.6 Å². The average molecular weight is 299 g/mol. The van der Waals surface area contributed by atoms with E-state index in [1.807, 2.05) is 0 Å². The van der Waals surface area contributed by atoms with Gasteiger partial charge < -0.3 is 15.7 Å². The van der Waals surface area contributed by atoms with Gasteiger partial charge in [-0.05, 0) is 26.0 Å². The highest BCUT2D eigenvalue weighted by atomic mass is 35.5. The Morgan fingerprint density at radius 3 is 2.40 bits per heavy atom. The van der Waals surface area contributed by atoms with Crippen LogP contribution in [0.4, 0.5) is 0 Å². The molecule has 0 aliphatic carbocycles. The Balaban J connectivity index is 2.56. The van der Waals surface area contributed by atoms with Gasteiger partial charge in [0.2, 0.25) is 5.91 Å². The fraction of sp³-hybridized carbons (Fsp3) is 0.308. The van der Waals surface area contributed by atoms with Crippen molar-refractivity contribution in [3.8, 4) is 0 Å². The van der Waals surface area contributed by atoms with Gasteiger partial charge >= 0.3 is 5.97 Å². The van der Waals surface area contributed by atoms with Crippen LogP contribution < -0.4 is 10.6 Å². The van der Waals surface area contributed by atoms with Gasteiger partial charge in [0.25, 0.3) is 5.91 Å². The summed E-state index contributed by atoms with van der Waals surface area (Å²) in [5.74, 6) is -2.26. The van der Waals surface area contributed by atoms with Gasteiger partial charge in [-0.3, -0.25) is 9.59 Å². The van der Waals surface area contributed by atoms with Crippen molar-refractivity contribution in [3.63, 3.8) is 0 Å². The van der Waals surface area contributed by atoms with Crippen LogP contribution >= 0.6 is 11.6 Å². The maximum atomic E-state index is 11.8. The van der Waals surface area contributed by atoms with Crippen molar-refractivity contribution >= 4 is 29.4 Å². The Hall–Kier alpha value is -2.08. The molecule has 7 heteroatoms. The zero-order chi connectivity index (χ0) is 15.3. The summed E-state index contributed by atoms with van der Waals surface area (Å²) in [4.78, 5) is 34.2. The largest absolute Gasteiger partial charge is 0.480 e. The van der Waals surface area contributed by atoms with Gasteiger partial charge in [0.05, 0.1) is 17.1 Å². The lowest BCUT2D eigenvalue weighted by molar-refractivity contribution is -0.145. The quantitative estimate of drug-likeness (QED) is 0.757. The normalized spacial score (nSPS) is 10.8. The summed E-state index contributed by atoms with van der Waals surface area (Å²) in [6.07, 6.45) is 0. The lowest BCUT2D eigenvalue weighted by Crippen LogP contribution is -2.52. The number of hydrogen-bond donors (Lipinski definition) is 3. The van der Waals surface area contributed by atoms with E-state index < -0.39 is 23.3 Å². The Morgan fingerprint density at radius 2 is 1.85 bits per heavy atom. The minimum absolute atomic E-state index is 0.250. The first-order valence-electron chi connectivity index (χ1n) is 5.81. The van der Waals surface area contributed by atoms with Crippen molar-refractivity contribution in [2.75, 3.05) is 6.54 Å². The molecule has 1 rings (SSSR count). The fourth-order valence-corrected chi connectivity index (χ4v) is 1.57. The Morgan fingerprint density at radius 1 is 1.25 bits per heavy atom. The van der Waals surface area contributed by atoms with Gasteiger partial charge in [-0.15, -0.1) is 0 Å². The number of amides is 2. The molecule has 0 atom stereocenters. The molecule has 0 radical (unpaired) electrons. The van der Waals surface area contributed by atoms with E-state index in [0.29, 0.717) is 0 Å². The van der Waals surface area contributed by atoms with Gasteiger partial charge in [0.1, 0.15) is 5.54 Å². The van der Waals surface area contributed by atoms with Crippen molar-refractivity contribution in [2.45, 2.75) is 19.4 Å². The molecule has 0 fully saturated rings. The van der Waals surface area contributed by atoms with Gasteiger partial charge in [0.15, 0.2) is 0 Å². The second kappa shape index (κ2) is 6.38. The Bertz CT molecular complexity index is 543. The topological polar surface area (TPSA) is 95.5 Å². The molecule has 0 saturated carbocycles. The zero-order valence-corrected chi connectivity index (χ0v) is 11.8. The van der Waals surface area contributed by atoms with E-state index in [-0.39, 0.29) is 17.1 Å². The second-order valence-electron chi connectivity index (χ2n) is 4.64. The first-order valence-corrected chi connectivity index (χ1v) is 6.19. The standard InChI is InChI=1S/C13H15ClN2O4/c1-13(2,12(19)20)16-10(17)7-15-11(18)8-5-3-4-6-9(8)14/h3-6H,7H2,1-2H3,(H,15,18)(H,16,17)(H,19,20). The molecule has 0 bridgehead atoms. The number of benzene rings is 1. The number of carboxylic acids is 1. The molecule has 6 nitrogen and oxygen atoms in total. The van der Waals surface area contributed by atoms with E-state index in [1.54, 1.807) is 18.2 Å². The molecule has 0 saturated heterocycles. The van der Waals surface area contributed by atoms with Crippen LogP contribution in [0.25, 0.3) is 0 Å². The van der Waals surface area contributed by atoms with Crippen LogP contribution in [0.5, 0.6) is 0 Å². The number of carboxylic acid groups (broad SMARTS) is 1. The summed E-state index contributed by atoms with van der Waals surface area (Å²) < 4.78 is 0. The minimum atomic E-state index is -1.40. The summed E-state index contributed by atoms with van der Waals surface area (Å²) >= 11 is 5.84. The summed E-state index contributed by atoms with van der Waals surface area (Å²) in [5.41, 5.74) is -1.15. The highest BCUT2D eigenvalue weighted by Gasteiger charge is 2.28. The van der Waals surface area contributed by atoms with E-state index in [4.69, 9.17) is 16.7 Å². The predicted octanol–water partition coefficient (Wildman–Crippen LogP) is 1.05. The maximum absolute atomic E-state index is 11.8. The molecule has 1 aromatic rings. The van der Waals surface area contributed by atoms with Crippen molar-refractivity contribution in [1.29, 1.82) is 0 Å². The molecule has 0 unspecified atom stereocenters. The Kier molecular flexibility index (Phi) is 5.10. The SMILES string of the molecule is CC(C)(NC(=O)CNC(=O)c1ccccc1Cl)C(=O)O. The van der Waals surface area contributed by atoms with Crippen LogP contribution in [0.2, 0.25) is 5.02 Å². The number of rotatable bonds is 5. The molecule has 20 heavy (non-hydrogen) atoms. The van der Waals surface area contributed by atoms with Crippen molar-refractivity contribution in [3.05, 3.63) is 34.9 Å². The van der Waals surface area contributed by atoms with Gasteiger partial charge in [0, 0.05) is 0 Å². The van der Waals surface area contributed by atoms with Crippen molar-refractivity contribution in [2.24, 2.45) is 0 Å². The molecule has 0 aromatic heterocycles. The third-order valence-electron chi connectivity index (χ3n) is 2.51. The van der Waals surface area contributed by atoms with E-state index in [2.05, 4.69) is 10.6 Å².